The molecule has 2 heterocycles. The van der Waals surface area contributed by atoms with Crippen molar-refractivity contribution in [1.82, 2.24) is 20.3 Å². The van der Waals surface area contributed by atoms with Crippen molar-refractivity contribution in [3.05, 3.63) is 76.3 Å². The highest BCUT2D eigenvalue weighted by molar-refractivity contribution is 5.92. The summed E-state index contributed by atoms with van der Waals surface area (Å²) in [5.41, 5.74) is 0.155. The highest BCUT2D eigenvalue weighted by Crippen LogP contribution is 2.24. The van der Waals surface area contributed by atoms with Gasteiger partial charge in [-0.15, -0.1) is 13.2 Å². The van der Waals surface area contributed by atoms with Crippen LogP contribution in [-0.2, 0) is 4.74 Å². The maximum Gasteiger partial charge on any atom is 0.573 e. The molecule has 0 aliphatic rings. The normalized spacial score (nSPS) is 12.3. The number of amides is 1. The number of hydrogen-bond donors (Lipinski definition) is 2. The molecule has 0 bridgehead atoms. The molecule has 1 amide bonds. The van der Waals surface area contributed by atoms with Crippen molar-refractivity contribution < 1.29 is 27.4 Å². The Kier molecular flexibility index (Phi) is 6.65. The van der Waals surface area contributed by atoms with E-state index in [-0.39, 0.29) is 18.1 Å². The smallest absolute Gasteiger partial charge is 0.406 e. The van der Waals surface area contributed by atoms with Gasteiger partial charge in [0.1, 0.15) is 17.1 Å². The summed E-state index contributed by atoms with van der Waals surface area (Å²) in [7, 11) is 1.41. The third-order valence-electron chi connectivity index (χ3n) is 4.04. The lowest BCUT2D eigenvalue weighted by molar-refractivity contribution is -0.274. The molecule has 31 heavy (non-hydrogen) atoms. The molecular weight excluding hydrogens is 417 g/mol. The fraction of sp³-hybridized carbons (Fsp3) is 0.200. The van der Waals surface area contributed by atoms with E-state index in [0.29, 0.717) is 11.3 Å². The summed E-state index contributed by atoms with van der Waals surface area (Å²) in [6.07, 6.45) is -3.29. The number of pyridine rings is 1. The van der Waals surface area contributed by atoms with Crippen LogP contribution < -0.4 is 15.6 Å². The van der Waals surface area contributed by atoms with E-state index in [2.05, 4.69) is 25.0 Å². The predicted molar refractivity (Wildman–Crippen MR) is 103 cm³/mol. The third kappa shape index (κ3) is 6.12. The second kappa shape index (κ2) is 9.39. The van der Waals surface area contributed by atoms with Crippen molar-refractivity contribution in [2.75, 3.05) is 13.7 Å². The van der Waals surface area contributed by atoms with E-state index in [1.165, 1.54) is 25.4 Å². The Bertz CT molecular complexity index is 1090. The molecule has 162 valence electrons. The van der Waals surface area contributed by atoms with Gasteiger partial charge >= 0.3 is 6.36 Å². The number of methoxy groups -OCH3 is 1. The number of carbonyl (C=O) groups is 1. The van der Waals surface area contributed by atoms with Crippen molar-refractivity contribution in [1.29, 1.82) is 0 Å². The van der Waals surface area contributed by atoms with Gasteiger partial charge in [0.05, 0.1) is 12.6 Å². The first kappa shape index (κ1) is 22.0. The van der Waals surface area contributed by atoms with Gasteiger partial charge in [-0.2, -0.15) is 0 Å². The number of halogens is 3. The van der Waals surface area contributed by atoms with Crippen molar-refractivity contribution >= 4 is 5.91 Å². The first-order chi connectivity index (χ1) is 14.7. The van der Waals surface area contributed by atoms with Crippen LogP contribution in [0.2, 0.25) is 0 Å². The largest absolute Gasteiger partial charge is 0.573 e. The zero-order valence-corrected chi connectivity index (χ0v) is 16.1. The minimum Gasteiger partial charge on any atom is -0.406 e. The van der Waals surface area contributed by atoms with E-state index < -0.39 is 29.6 Å². The molecular formula is C20H17F3N4O4. The Morgan fingerprint density at radius 3 is 2.55 bits per heavy atom. The summed E-state index contributed by atoms with van der Waals surface area (Å²) in [4.78, 5) is 35.5. The summed E-state index contributed by atoms with van der Waals surface area (Å²) in [5.74, 6) is -0.939. The Morgan fingerprint density at radius 1 is 1.19 bits per heavy atom. The van der Waals surface area contributed by atoms with Crippen molar-refractivity contribution in [2.24, 2.45) is 0 Å². The molecule has 1 atom stereocenters. The van der Waals surface area contributed by atoms with Crippen molar-refractivity contribution in [2.45, 2.75) is 12.4 Å². The predicted octanol–water partition coefficient (Wildman–Crippen LogP) is 2.85. The number of alkyl halides is 3. The highest BCUT2D eigenvalue weighted by atomic mass is 19.4. The van der Waals surface area contributed by atoms with Gasteiger partial charge in [-0.3, -0.25) is 14.6 Å². The Hall–Kier alpha value is -3.73. The van der Waals surface area contributed by atoms with Crippen LogP contribution in [0.3, 0.4) is 0 Å². The summed E-state index contributed by atoms with van der Waals surface area (Å²) in [6, 6.07) is 10.3. The first-order valence-electron chi connectivity index (χ1n) is 8.93. The summed E-state index contributed by atoms with van der Waals surface area (Å²) >= 11 is 0. The number of rotatable bonds is 7. The first-order valence-corrected chi connectivity index (χ1v) is 8.93. The average molecular weight is 434 g/mol. The van der Waals surface area contributed by atoms with Crippen LogP contribution in [-0.4, -0.2) is 40.9 Å². The topological polar surface area (TPSA) is 106 Å². The third-order valence-corrected chi connectivity index (χ3v) is 4.04. The van der Waals surface area contributed by atoms with Crippen LogP contribution in [0.1, 0.15) is 22.1 Å². The lowest BCUT2D eigenvalue weighted by Crippen LogP contribution is -2.33. The lowest BCUT2D eigenvalue weighted by Gasteiger charge is -2.19. The number of ether oxygens (including phenoxy) is 2. The van der Waals surface area contributed by atoms with Crippen LogP contribution in [0.15, 0.2) is 59.5 Å². The Morgan fingerprint density at radius 2 is 1.94 bits per heavy atom. The zero-order valence-electron chi connectivity index (χ0n) is 16.1. The minimum absolute atomic E-state index is 0.0293. The number of H-pyrrole nitrogens is 1. The number of aromatic amines is 1. The van der Waals surface area contributed by atoms with Gasteiger partial charge in [0.2, 0.25) is 0 Å². The highest BCUT2D eigenvalue weighted by Gasteiger charge is 2.31. The van der Waals surface area contributed by atoms with Crippen molar-refractivity contribution in [3.63, 3.8) is 0 Å². The van der Waals surface area contributed by atoms with Crippen molar-refractivity contribution in [3.8, 4) is 17.3 Å². The molecule has 0 radical (unpaired) electrons. The summed E-state index contributed by atoms with van der Waals surface area (Å²) in [6.45, 7) is 0.0293. The molecule has 1 aromatic carbocycles. The maximum atomic E-state index is 12.7. The molecule has 0 fully saturated rings. The number of aromatic nitrogens is 3. The summed E-state index contributed by atoms with van der Waals surface area (Å²) in [5, 5.41) is 2.66. The second-order valence-electron chi connectivity index (χ2n) is 6.29. The van der Waals surface area contributed by atoms with E-state index >= 15 is 0 Å². The van der Waals surface area contributed by atoms with Gasteiger partial charge in [0.15, 0.2) is 5.82 Å². The number of benzene rings is 1. The second-order valence-corrected chi connectivity index (χ2v) is 6.29. The number of hydrogen-bond acceptors (Lipinski definition) is 6. The van der Waals surface area contributed by atoms with Gasteiger partial charge in [-0.05, 0) is 29.8 Å². The molecule has 0 aliphatic carbocycles. The molecule has 0 saturated heterocycles. The lowest BCUT2D eigenvalue weighted by atomic mass is 10.1. The van der Waals surface area contributed by atoms with Crippen LogP contribution >= 0.6 is 0 Å². The standard InChI is InChI=1S/C20H17F3N4O4/c1-30-11-16(12-5-7-13(8-6-12)31-20(21,22)23)26-19(29)15-10-17(28)27-18(25-15)14-4-2-3-9-24-14/h2-10,16H,11H2,1H3,(H,26,29)(H,25,27,28). The quantitative estimate of drug-likeness (QED) is 0.592. The zero-order chi connectivity index (χ0) is 22.4. The van der Waals surface area contributed by atoms with Crippen LogP contribution in [0, 0.1) is 0 Å². The monoisotopic (exact) mass is 434 g/mol. The molecule has 0 aliphatic heterocycles. The van der Waals surface area contributed by atoms with Gasteiger partial charge < -0.3 is 19.8 Å². The fourth-order valence-electron chi connectivity index (χ4n) is 2.72. The minimum atomic E-state index is -4.81. The Balaban J connectivity index is 1.81. The summed E-state index contributed by atoms with van der Waals surface area (Å²) < 4.78 is 45.9. The molecule has 1 unspecified atom stereocenters. The van der Waals surface area contributed by atoms with E-state index in [4.69, 9.17) is 4.74 Å². The maximum absolute atomic E-state index is 12.7. The van der Waals surface area contributed by atoms with E-state index in [1.807, 2.05) is 0 Å². The van der Waals surface area contributed by atoms with Crippen LogP contribution in [0.5, 0.6) is 5.75 Å². The Labute approximate surface area is 174 Å². The molecule has 2 aromatic heterocycles. The molecule has 3 aromatic rings. The number of nitrogens with zero attached hydrogens (tertiary/aromatic N) is 2. The van der Waals surface area contributed by atoms with E-state index in [9.17, 15) is 22.8 Å². The van der Waals surface area contributed by atoms with E-state index in [1.54, 1.807) is 18.2 Å². The molecule has 2 N–H and O–H groups in total. The molecule has 0 spiro atoms. The molecule has 11 heteroatoms. The van der Waals surface area contributed by atoms with Crippen LogP contribution in [0.25, 0.3) is 11.5 Å². The average Bonchev–Trinajstić information content (AvgIpc) is 2.73. The number of carbonyl (C=O) groups excluding carboxylic acids is 1. The molecule has 8 nitrogen and oxygen atoms in total. The van der Waals surface area contributed by atoms with Crippen LogP contribution in [0.4, 0.5) is 13.2 Å². The van der Waals surface area contributed by atoms with Gasteiger partial charge in [-0.25, -0.2) is 4.98 Å². The molecule has 3 rings (SSSR count). The van der Waals surface area contributed by atoms with Gasteiger partial charge in [-0.1, -0.05) is 18.2 Å². The fourth-order valence-corrected chi connectivity index (χ4v) is 2.72. The van der Waals surface area contributed by atoms with Gasteiger partial charge in [0, 0.05) is 19.4 Å². The molecule has 0 saturated carbocycles. The van der Waals surface area contributed by atoms with Gasteiger partial charge in [0.25, 0.3) is 11.5 Å². The number of nitrogens with one attached hydrogen (secondary N) is 2. The van der Waals surface area contributed by atoms with E-state index in [0.717, 1.165) is 18.2 Å². The SMILES string of the molecule is COCC(NC(=O)c1cc(=O)[nH]c(-c2ccccn2)n1)c1ccc(OC(F)(F)F)cc1.